The van der Waals surface area contributed by atoms with Crippen LogP contribution in [0.15, 0.2) is 109 Å². The monoisotopic (exact) mass is 950 g/mol. The zero-order chi connectivity index (χ0) is 47.9. The van der Waals surface area contributed by atoms with E-state index in [-0.39, 0.29) is 0 Å². The van der Waals surface area contributed by atoms with Gasteiger partial charge >= 0.3 is 0 Å². The summed E-state index contributed by atoms with van der Waals surface area (Å²) in [5, 5.41) is 11.0. The third-order valence-electron chi connectivity index (χ3n) is 12.9. The number of hydrogen-bond acceptors (Lipinski definition) is 13. The third-order valence-corrected chi connectivity index (χ3v) is 12.9. The fourth-order valence-electron chi connectivity index (χ4n) is 9.27. The van der Waals surface area contributed by atoms with Crippen molar-refractivity contribution in [1.29, 1.82) is 0 Å². The molecule has 6 aromatic carbocycles. The summed E-state index contributed by atoms with van der Waals surface area (Å²) < 4.78 is 56.3. The lowest BCUT2D eigenvalue weighted by Gasteiger charge is -2.23. The van der Waals surface area contributed by atoms with Crippen molar-refractivity contribution in [1.82, 2.24) is 20.9 Å². The first-order chi connectivity index (χ1) is 34.5. The van der Waals surface area contributed by atoms with Gasteiger partial charge in [0.2, 0.25) is 0 Å². The van der Waals surface area contributed by atoms with Crippen molar-refractivity contribution in [3.05, 3.63) is 159 Å². The zero-order valence-electron chi connectivity index (χ0n) is 40.7. The van der Waals surface area contributed by atoms with Crippen LogP contribution >= 0.6 is 0 Å². The highest BCUT2D eigenvalue weighted by Gasteiger charge is 2.23. The van der Waals surface area contributed by atoms with Gasteiger partial charge in [-0.2, -0.15) is 0 Å². The van der Waals surface area contributed by atoms with Gasteiger partial charge in [0.05, 0.1) is 21.3 Å². The second-order valence-corrected chi connectivity index (χ2v) is 17.8. The molecule has 0 spiro atoms. The van der Waals surface area contributed by atoms with Crippen LogP contribution in [0.2, 0.25) is 0 Å². The Morgan fingerprint density at radius 2 is 0.671 bits per heavy atom. The van der Waals surface area contributed by atoms with Crippen LogP contribution in [0.25, 0.3) is 0 Å². The minimum atomic E-state index is 0.329. The molecular weight excluding hydrogens is 885 g/mol. The summed E-state index contributed by atoms with van der Waals surface area (Å²) in [4.78, 5) is 2.50. The van der Waals surface area contributed by atoms with Crippen LogP contribution in [0.3, 0.4) is 0 Å². The van der Waals surface area contributed by atoms with Gasteiger partial charge < -0.3 is 58.6 Å². The maximum absolute atomic E-state index is 6.48. The Bertz CT molecular complexity index is 2390. The number of methoxy groups -OCH3 is 3. The molecular formula is C57H66N4O9. The molecule has 368 valence electrons. The molecule has 0 saturated heterocycles. The molecule has 6 heterocycles. The number of nitrogens with one attached hydrogen (secondary N) is 3. The summed E-state index contributed by atoms with van der Waals surface area (Å²) in [5.74, 6) is 6.30. The Labute approximate surface area is 412 Å². The van der Waals surface area contributed by atoms with Crippen molar-refractivity contribution in [3.63, 3.8) is 0 Å². The Kier molecular flexibility index (Phi) is 16.8. The molecule has 6 aliphatic heterocycles. The standard InChI is InChI=1S/C57H66N4O9/c1-62-52-31-43-28-47-35-56-54(64-3)33-45(47)30-48-36-57-53(63-2)32-44(48)29-46(43)34-55(52)68-22-19-65-49-10-4-7-40(25-49)37-58-13-16-61(17-14-59-38-41-8-5-11-50(26-41)66-20-23-69-56)18-15-60-39-42-9-6-12-51(27-42)67-21-24-70-57/h4-12,25-27,31-36,58-60H,13-24,28-30,37-39H2,1-3H3. The van der Waals surface area contributed by atoms with Crippen molar-refractivity contribution in [2.24, 2.45) is 0 Å². The van der Waals surface area contributed by atoms with E-state index in [0.29, 0.717) is 93.4 Å². The summed E-state index contributed by atoms with van der Waals surface area (Å²) in [6, 6.07) is 37.4. The van der Waals surface area contributed by atoms with E-state index >= 15 is 0 Å². The van der Waals surface area contributed by atoms with Gasteiger partial charge in [-0.1, -0.05) is 36.4 Å². The molecule has 13 nitrogen and oxygen atoms in total. The fourth-order valence-corrected chi connectivity index (χ4v) is 9.27. The number of hydrogen-bond donors (Lipinski definition) is 3. The zero-order valence-corrected chi connectivity index (χ0v) is 40.7. The van der Waals surface area contributed by atoms with E-state index in [4.69, 9.17) is 42.6 Å². The molecule has 0 unspecified atom stereocenters. The van der Waals surface area contributed by atoms with Gasteiger partial charge in [-0.3, -0.25) is 4.90 Å². The number of nitrogens with zero attached hydrogens (tertiary/aromatic N) is 1. The van der Waals surface area contributed by atoms with Crippen molar-refractivity contribution in [2.45, 2.75) is 38.9 Å². The molecule has 0 saturated carbocycles. The van der Waals surface area contributed by atoms with Gasteiger partial charge in [0.15, 0.2) is 34.5 Å². The Hall–Kier alpha value is -6.64. The van der Waals surface area contributed by atoms with E-state index in [9.17, 15) is 0 Å². The van der Waals surface area contributed by atoms with E-state index in [1.807, 2.05) is 36.4 Å². The van der Waals surface area contributed by atoms with Gasteiger partial charge in [0.25, 0.3) is 0 Å². The van der Waals surface area contributed by atoms with Crippen LogP contribution in [-0.2, 0) is 38.9 Å². The SMILES string of the molecule is COc1cc2c3cc1OCCOc1cccc(c1)CNCCN1CCNCc4cccc(c4)OCCOc4cc(c(cc4OC)C3)Cc3cc(OC)c(cc3C2)OCCOc2cccc(c2)CNCC1. The number of benzene rings is 6. The van der Waals surface area contributed by atoms with Crippen LogP contribution in [0.5, 0.6) is 51.7 Å². The average molecular weight is 951 g/mol. The molecule has 13 rings (SSSR count). The maximum Gasteiger partial charge on any atom is 0.161 e. The lowest BCUT2D eigenvalue weighted by Crippen LogP contribution is -2.40. The predicted molar refractivity (Wildman–Crippen MR) is 271 cm³/mol. The highest BCUT2D eigenvalue weighted by molar-refractivity contribution is 5.58. The molecule has 0 amide bonds. The second kappa shape index (κ2) is 24.3. The molecule has 6 aromatic rings. The van der Waals surface area contributed by atoms with Crippen LogP contribution in [0, 0.1) is 0 Å². The second-order valence-electron chi connectivity index (χ2n) is 17.8. The van der Waals surface area contributed by atoms with Crippen molar-refractivity contribution >= 4 is 0 Å². The van der Waals surface area contributed by atoms with E-state index in [1.165, 1.54) is 0 Å². The first-order valence-corrected chi connectivity index (χ1v) is 24.5. The van der Waals surface area contributed by atoms with E-state index < -0.39 is 0 Å². The summed E-state index contributed by atoms with van der Waals surface area (Å²) in [6.45, 7) is 9.48. The summed E-state index contributed by atoms with van der Waals surface area (Å²) >= 11 is 0. The molecule has 0 fully saturated rings. The third kappa shape index (κ3) is 13.0. The van der Waals surface area contributed by atoms with Crippen LogP contribution in [0.1, 0.15) is 50.1 Å². The minimum absolute atomic E-state index is 0.329. The minimum Gasteiger partial charge on any atom is -0.493 e. The highest BCUT2D eigenvalue weighted by Crippen LogP contribution is 2.41. The van der Waals surface area contributed by atoms with Crippen LogP contribution in [-0.4, -0.2) is 105 Å². The summed E-state index contributed by atoms with van der Waals surface area (Å²) in [7, 11) is 5.05. The van der Waals surface area contributed by atoms with Crippen molar-refractivity contribution < 1.29 is 42.6 Å². The molecule has 70 heavy (non-hydrogen) atoms. The largest absolute Gasteiger partial charge is 0.493 e. The van der Waals surface area contributed by atoms with Gasteiger partial charge in [-0.25, -0.2) is 0 Å². The quantitative estimate of drug-likeness (QED) is 0.160. The average Bonchev–Trinajstić information content (AvgIpc) is 3.43. The topological polar surface area (TPSA) is 122 Å². The van der Waals surface area contributed by atoms with Gasteiger partial charge in [0.1, 0.15) is 56.9 Å². The molecule has 0 atom stereocenters. The van der Waals surface area contributed by atoms with E-state index in [0.717, 1.165) is 126 Å². The summed E-state index contributed by atoms with van der Waals surface area (Å²) in [6.07, 6.45) is 1.86. The lowest BCUT2D eigenvalue weighted by molar-refractivity contribution is 0.211. The molecule has 13 heteroatoms. The Morgan fingerprint density at radius 1 is 0.371 bits per heavy atom. The van der Waals surface area contributed by atoms with Crippen molar-refractivity contribution in [2.75, 3.05) is 100 Å². The predicted octanol–water partition coefficient (Wildman–Crippen LogP) is 7.77. The Morgan fingerprint density at radius 3 is 0.986 bits per heavy atom. The lowest BCUT2D eigenvalue weighted by atomic mass is 9.94. The molecule has 0 radical (unpaired) electrons. The maximum atomic E-state index is 6.48. The van der Waals surface area contributed by atoms with Crippen LogP contribution < -0.4 is 58.6 Å². The number of fused-ring (bicyclic) bond motifs is 3. The van der Waals surface area contributed by atoms with E-state index in [1.54, 1.807) is 21.3 Å². The van der Waals surface area contributed by atoms with E-state index in [2.05, 4.69) is 93.6 Å². The molecule has 3 N–H and O–H groups in total. The van der Waals surface area contributed by atoms with Gasteiger partial charge in [-0.15, -0.1) is 0 Å². The first kappa shape index (κ1) is 48.4. The Balaban J connectivity index is 1.09. The van der Waals surface area contributed by atoms with Gasteiger partial charge in [-0.05, 0) is 142 Å². The molecule has 0 aromatic heterocycles. The molecule has 1 aliphatic carbocycles. The molecule has 16 bridgehead atoms. The fraction of sp³-hybridized carbons (Fsp3) is 0.368. The van der Waals surface area contributed by atoms with Crippen molar-refractivity contribution in [3.8, 4) is 51.7 Å². The number of rotatable bonds is 3. The first-order valence-electron chi connectivity index (χ1n) is 24.5. The normalized spacial score (nSPS) is 16.5. The molecule has 7 aliphatic rings. The van der Waals surface area contributed by atoms with Crippen LogP contribution in [0.4, 0.5) is 0 Å². The highest BCUT2D eigenvalue weighted by atomic mass is 16.6. The number of ether oxygens (including phenoxy) is 9. The smallest absolute Gasteiger partial charge is 0.161 e. The summed E-state index contributed by atoms with van der Waals surface area (Å²) in [5.41, 5.74) is 10.1. The van der Waals surface area contributed by atoms with Gasteiger partial charge in [0, 0.05) is 58.9 Å².